The van der Waals surface area contributed by atoms with Gasteiger partial charge in [0.1, 0.15) is 11.5 Å². The van der Waals surface area contributed by atoms with Gasteiger partial charge in [-0.25, -0.2) is 0 Å². The molecule has 1 aromatic rings. The average Bonchev–Trinajstić information content (AvgIpc) is 2.88. The number of rotatable bonds is 4. The van der Waals surface area contributed by atoms with E-state index in [0.717, 1.165) is 35.9 Å². The SMILES string of the molecule is CC.CC.CC.COC1=CCC(C2(c3ccc(OC(C)=O)cc3)C3CC4CC(C3)CC2C4)C=C1. The van der Waals surface area contributed by atoms with E-state index in [9.17, 15) is 4.79 Å². The summed E-state index contributed by atoms with van der Waals surface area (Å²) in [5, 5.41) is 0. The minimum atomic E-state index is -0.260. The lowest BCUT2D eigenvalue weighted by Crippen LogP contribution is -2.58. The topological polar surface area (TPSA) is 35.5 Å². The van der Waals surface area contributed by atoms with Crippen LogP contribution in [0.5, 0.6) is 5.75 Å². The van der Waals surface area contributed by atoms with Gasteiger partial charge in [-0.3, -0.25) is 4.79 Å². The summed E-state index contributed by atoms with van der Waals surface area (Å²) in [6.07, 6.45) is 14.9. The standard InChI is InChI=1S/C25H30O3.3C2H6/c1-16(26)28-24-9-5-20(6-10-24)25(19-3-7-23(27-2)8-4-19)21-12-17-11-18(14-21)15-22(25)13-17;3*1-2/h3,5-10,17-19,21-22H,4,11-15H2,1-2H3;3*1-2H3. The number of benzene rings is 1. The van der Waals surface area contributed by atoms with Crippen molar-refractivity contribution in [1.82, 2.24) is 0 Å². The van der Waals surface area contributed by atoms with Gasteiger partial charge in [-0.2, -0.15) is 0 Å². The van der Waals surface area contributed by atoms with Crippen molar-refractivity contribution in [3.05, 3.63) is 53.8 Å². The highest BCUT2D eigenvalue weighted by atomic mass is 16.5. The quantitative estimate of drug-likeness (QED) is 0.328. The minimum absolute atomic E-state index is 0.203. The molecule has 0 amide bonds. The molecule has 5 aliphatic rings. The van der Waals surface area contributed by atoms with Crippen LogP contribution in [-0.4, -0.2) is 13.1 Å². The molecule has 4 fully saturated rings. The van der Waals surface area contributed by atoms with Crippen molar-refractivity contribution in [2.45, 2.75) is 92.4 Å². The summed E-state index contributed by atoms with van der Waals surface area (Å²) in [5.41, 5.74) is 1.65. The normalized spacial score (nSPS) is 32.0. The number of hydrogen-bond acceptors (Lipinski definition) is 3. The molecule has 0 aliphatic heterocycles. The molecule has 1 atom stereocenters. The van der Waals surface area contributed by atoms with Crippen LogP contribution in [0.3, 0.4) is 0 Å². The van der Waals surface area contributed by atoms with Gasteiger partial charge in [-0.15, -0.1) is 0 Å². The van der Waals surface area contributed by atoms with Crippen molar-refractivity contribution in [3.63, 3.8) is 0 Å². The number of carbonyl (C=O) groups is 1. The molecule has 0 saturated heterocycles. The third-order valence-electron chi connectivity index (χ3n) is 8.02. The molecule has 0 aromatic heterocycles. The lowest BCUT2D eigenvalue weighted by Gasteiger charge is -2.64. The van der Waals surface area contributed by atoms with Crippen molar-refractivity contribution >= 4 is 5.97 Å². The van der Waals surface area contributed by atoms with Crippen LogP contribution in [0.15, 0.2) is 48.3 Å². The zero-order valence-electron chi connectivity index (χ0n) is 22.9. The smallest absolute Gasteiger partial charge is 0.308 e. The van der Waals surface area contributed by atoms with Crippen LogP contribution in [0, 0.1) is 29.6 Å². The van der Waals surface area contributed by atoms with Gasteiger partial charge in [0.2, 0.25) is 0 Å². The molecule has 4 saturated carbocycles. The molecule has 1 aromatic carbocycles. The van der Waals surface area contributed by atoms with E-state index in [0.29, 0.717) is 11.7 Å². The molecule has 0 N–H and O–H groups in total. The maximum absolute atomic E-state index is 11.3. The second-order valence-corrected chi connectivity index (χ2v) is 9.37. The Morgan fingerprint density at radius 1 is 0.853 bits per heavy atom. The Hall–Kier alpha value is -2.03. The van der Waals surface area contributed by atoms with Gasteiger partial charge < -0.3 is 9.47 Å². The lowest BCUT2D eigenvalue weighted by atomic mass is 9.40. The second-order valence-electron chi connectivity index (χ2n) is 9.37. The number of hydrogen-bond donors (Lipinski definition) is 0. The van der Waals surface area contributed by atoms with E-state index in [1.165, 1.54) is 44.6 Å². The molecule has 190 valence electrons. The first-order valence-corrected chi connectivity index (χ1v) is 13.8. The molecular formula is C31H48O3. The first kappa shape index (κ1) is 28.2. The minimum Gasteiger partial charge on any atom is -0.497 e. The van der Waals surface area contributed by atoms with Gasteiger partial charge in [-0.05, 0) is 98.0 Å². The zero-order chi connectivity index (χ0) is 25.3. The molecular weight excluding hydrogens is 420 g/mol. The van der Waals surface area contributed by atoms with Gasteiger partial charge in [0, 0.05) is 12.3 Å². The van der Waals surface area contributed by atoms with Crippen LogP contribution in [0.1, 0.15) is 92.6 Å². The Kier molecular flexibility index (Phi) is 10.9. The number of methoxy groups -OCH3 is 1. The van der Waals surface area contributed by atoms with Crippen LogP contribution in [-0.2, 0) is 14.9 Å². The Balaban J connectivity index is 0.000000633. The highest BCUT2D eigenvalue weighted by Crippen LogP contribution is 2.66. The molecule has 3 heteroatoms. The summed E-state index contributed by atoms with van der Waals surface area (Å²) in [4.78, 5) is 11.3. The van der Waals surface area contributed by atoms with E-state index < -0.39 is 0 Å². The fourth-order valence-corrected chi connectivity index (χ4v) is 7.34. The lowest BCUT2D eigenvalue weighted by molar-refractivity contribution is -0.131. The van der Waals surface area contributed by atoms with E-state index in [-0.39, 0.29) is 11.4 Å². The molecule has 0 heterocycles. The number of esters is 1. The van der Waals surface area contributed by atoms with E-state index in [1.54, 1.807) is 7.11 Å². The van der Waals surface area contributed by atoms with Crippen LogP contribution in [0.2, 0.25) is 0 Å². The molecule has 0 spiro atoms. The van der Waals surface area contributed by atoms with Crippen molar-refractivity contribution in [2.24, 2.45) is 29.6 Å². The summed E-state index contributed by atoms with van der Waals surface area (Å²) in [7, 11) is 1.75. The molecule has 4 bridgehead atoms. The Bertz CT molecular complexity index is 790. The first-order valence-electron chi connectivity index (χ1n) is 13.8. The molecule has 3 nitrogen and oxygen atoms in total. The molecule has 0 radical (unpaired) electrons. The summed E-state index contributed by atoms with van der Waals surface area (Å²) in [6.45, 7) is 13.5. The van der Waals surface area contributed by atoms with Crippen LogP contribution < -0.4 is 4.74 Å². The van der Waals surface area contributed by atoms with Crippen LogP contribution in [0.4, 0.5) is 0 Å². The zero-order valence-corrected chi connectivity index (χ0v) is 22.9. The number of allylic oxidation sites excluding steroid dienone is 3. The van der Waals surface area contributed by atoms with E-state index in [4.69, 9.17) is 9.47 Å². The van der Waals surface area contributed by atoms with Crippen LogP contribution >= 0.6 is 0 Å². The van der Waals surface area contributed by atoms with E-state index in [2.05, 4.69) is 30.4 Å². The summed E-state index contributed by atoms with van der Waals surface area (Å²) >= 11 is 0. The van der Waals surface area contributed by atoms with Gasteiger partial charge in [0.15, 0.2) is 0 Å². The fraction of sp³-hybridized carbons (Fsp3) is 0.645. The van der Waals surface area contributed by atoms with Crippen molar-refractivity contribution in [3.8, 4) is 5.75 Å². The van der Waals surface area contributed by atoms with Gasteiger partial charge in [0.05, 0.1) is 7.11 Å². The molecule has 34 heavy (non-hydrogen) atoms. The Morgan fingerprint density at radius 2 is 1.38 bits per heavy atom. The van der Waals surface area contributed by atoms with Crippen molar-refractivity contribution in [1.29, 1.82) is 0 Å². The summed E-state index contributed by atoms with van der Waals surface area (Å²) < 4.78 is 10.8. The fourth-order valence-electron chi connectivity index (χ4n) is 7.34. The second kappa shape index (κ2) is 13.2. The molecule has 5 aliphatic carbocycles. The third-order valence-corrected chi connectivity index (χ3v) is 8.02. The predicted octanol–water partition coefficient (Wildman–Crippen LogP) is 8.49. The van der Waals surface area contributed by atoms with Gasteiger partial charge in [0.25, 0.3) is 0 Å². The predicted molar refractivity (Wildman–Crippen MR) is 143 cm³/mol. The number of ether oxygens (including phenoxy) is 2. The Morgan fingerprint density at radius 3 is 1.79 bits per heavy atom. The third kappa shape index (κ3) is 5.44. The highest BCUT2D eigenvalue weighted by Gasteiger charge is 2.60. The maximum Gasteiger partial charge on any atom is 0.308 e. The Labute approximate surface area is 209 Å². The number of carbonyl (C=O) groups excluding carboxylic acids is 1. The van der Waals surface area contributed by atoms with E-state index in [1.807, 2.05) is 53.7 Å². The van der Waals surface area contributed by atoms with Gasteiger partial charge in [-0.1, -0.05) is 59.8 Å². The highest BCUT2D eigenvalue weighted by molar-refractivity contribution is 5.69. The molecule has 6 rings (SSSR count). The largest absolute Gasteiger partial charge is 0.497 e. The van der Waals surface area contributed by atoms with Crippen molar-refractivity contribution < 1.29 is 14.3 Å². The first-order chi connectivity index (χ1) is 16.6. The maximum atomic E-state index is 11.3. The summed E-state index contributed by atoms with van der Waals surface area (Å²) in [5.74, 6) is 5.29. The average molecular weight is 469 g/mol. The van der Waals surface area contributed by atoms with Gasteiger partial charge >= 0.3 is 5.97 Å². The summed E-state index contributed by atoms with van der Waals surface area (Å²) in [6, 6.07) is 8.47. The molecule has 1 unspecified atom stereocenters. The monoisotopic (exact) mass is 468 g/mol. The van der Waals surface area contributed by atoms with Crippen molar-refractivity contribution in [2.75, 3.05) is 7.11 Å². The van der Waals surface area contributed by atoms with E-state index >= 15 is 0 Å². The van der Waals surface area contributed by atoms with Crippen LogP contribution in [0.25, 0.3) is 0 Å².